The van der Waals surface area contributed by atoms with Gasteiger partial charge < -0.3 is 4.90 Å². The molecule has 0 aliphatic heterocycles. The Balaban J connectivity index is 1.35. The Morgan fingerprint density at radius 3 is 1.89 bits per heavy atom. The second kappa shape index (κ2) is 9.89. The molecule has 6 rings (SSSR count). The quantitative estimate of drug-likeness (QED) is 0.254. The second-order valence-electron chi connectivity index (χ2n) is 8.84. The zero-order valence-corrected chi connectivity index (χ0v) is 20.0. The number of para-hydroxylation sites is 1. The van der Waals surface area contributed by atoms with Crippen LogP contribution in [0.1, 0.15) is 6.42 Å². The first-order valence-electron chi connectivity index (χ1n) is 12.3. The fraction of sp³-hybridized carbons (Fsp3) is 0.0294. The van der Waals surface area contributed by atoms with Gasteiger partial charge in [-0.2, -0.15) is 0 Å². The summed E-state index contributed by atoms with van der Waals surface area (Å²) >= 11 is 0. The Morgan fingerprint density at radius 1 is 0.528 bits per heavy atom. The maximum Gasteiger partial charge on any atom is 0.0637 e. The number of hydrogen-bond donors (Lipinski definition) is 0. The van der Waals surface area contributed by atoms with Crippen molar-refractivity contribution in [2.45, 2.75) is 6.42 Å². The first kappa shape index (κ1) is 21.8. The molecule has 172 valence electrons. The van der Waals surface area contributed by atoms with Crippen molar-refractivity contribution in [2.24, 2.45) is 4.99 Å². The van der Waals surface area contributed by atoms with Gasteiger partial charge in [-0.1, -0.05) is 91.0 Å². The highest BCUT2D eigenvalue weighted by Crippen LogP contribution is 2.39. The van der Waals surface area contributed by atoms with Crippen LogP contribution in [0.5, 0.6) is 0 Å². The molecule has 0 fully saturated rings. The fourth-order valence-corrected chi connectivity index (χ4v) is 4.67. The van der Waals surface area contributed by atoms with Crippen LogP contribution in [-0.2, 0) is 0 Å². The first-order chi connectivity index (χ1) is 17.8. The molecule has 1 aliphatic carbocycles. The van der Waals surface area contributed by atoms with Crippen molar-refractivity contribution in [2.75, 3.05) is 4.90 Å². The van der Waals surface area contributed by atoms with Gasteiger partial charge in [0, 0.05) is 16.8 Å². The zero-order valence-electron chi connectivity index (χ0n) is 20.0. The minimum atomic E-state index is 0.966. The molecule has 36 heavy (non-hydrogen) atoms. The van der Waals surface area contributed by atoms with Crippen LogP contribution in [0.25, 0.3) is 21.9 Å². The van der Waals surface area contributed by atoms with Crippen molar-refractivity contribution in [1.29, 1.82) is 0 Å². The molecule has 1 aliphatic rings. The lowest BCUT2D eigenvalue weighted by molar-refractivity contribution is 1.30. The Bertz CT molecular complexity index is 1560. The highest BCUT2D eigenvalue weighted by molar-refractivity contribution is 6.06. The maximum absolute atomic E-state index is 4.72. The predicted octanol–water partition coefficient (Wildman–Crippen LogP) is 9.57. The monoisotopic (exact) mass is 462 g/mol. The predicted molar refractivity (Wildman–Crippen MR) is 154 cm³/mol. The van der Waals surface area contributed by atoms with Crippen LogP contribution in [0.2, 0.25) is 0 Å². The van der Waals surface area contributed by atoms with E-state index in [0.29, 0.717) is 0 Å². The number of benzene rings is 5. The molecule has 0 saturated heterocycles. The summed E-state index contributed by atoms with van der Waals surface area (Å²) in [5, 5.41) is 2.46. The third kappa shape index (κ3) is 4.49. The van der Waals surface area contributed by atoms with Crippen LogP contribution in [0.15, 0.2) is 151 Å². The van der Waals surface area contributed by atoms with Crippen LogP contribution in [0.4, 0.5) is 22.7 Å². The standard InChI is InChI=1S/C34H26N2/c1-3-12-29(13-4-1)35-30-22-18-26(19-23-30)27-20-24-32(25-21-27)36(31-14-5-2-6-15-31)34-17-9-11-28-10-7-8-16-33(28)34/h2-25H,1H2. The highest BCUT2D eigenvalue weighted by atomic mass is 15.1. The summed E-state index contributed by atoms with van der Waals surface area (Å²) in [5.74, 6) is 0. The van der Waals surface area contributed by atoms with E-state index in [1.54, 1.807) is 0 Å². The van der Waals surface area contributed by atoms with Gasteiger partial charge in [0.2, 0.25) is 0 Å². The number of hydrogen-bond acceptors (Lipinski definition) is 2. The minimum absolute atomic E-state index is 0.966. The van der Waals surface area contributed by atoms with Crippen LogP contribution in [0, 0.1) is 0 Å². The smallest absolute Gasteiger partial charge is 0.0637 e. The Labute approximate surface area is 212 Å². The summed E-state index contributed by atoms with van der Waals surface area (Å²) < 4.78 is 0. The topological polar surface area (TPSA) is 15.6 Å². The molecule has 5 aromatic carbocycles. The summed E-state index contributed by atoms with van der Waals surface area (Å²) in [5.41, 5.74) is 7.75. The molecule has 0 atom stereocenters. The zero-order chi connectivity index (χ0) is 24.2. The molecule has 0 saturated carbocycles. The van der Waals surface area contributed by atoms with E-state index < -0.39 is 0 Å². The molecule has 5 aromatic rings. The number of nitrogens with zero attached hydrogens (tertiary/aromatic N) is 2. The summed E-state index contributed by atoms with van der Waals surface area (Å²) in [4.78, 5) is 7.05. The Hall–Kier alpha value is -4.69. The summed E-state index contributed by atoms with van der Waals surface area (Å²) in [6, 6.07) is 42.9. The van der Waals surface area contributed by atoms with E-state index in [4.69, 9.17) is 4.99 Å². The van der Waals surface area contributed by atoms with Crippen molar-refractivity contribution < 1.29 is 0 Å². The van der Waals surface area contributed by atoms with Crippen molar-refractivity contribution in [1.82, 2.24) is 0 Å². The molecule has 2 nitrogen and oxygen atoms in total. The van der Waals surface area contributed by atoms with Crippen LogP contribution in [0.3, 0.4) is 0 Å². The van der Waals surface area contributed by atoms with Crippen LogP contribution in [-0.4, -0.2) is 5.71 Å². The fourth-order valence-electron chi connectivity index (χ4n) is 4.67. The Kier molecular flexibility index (Phi) is 5.99. The second-order valence-corrected chi connectivity index (χ2v) is 8.84. The van der Waals surface area contributed by atoms with Gasteiger partial charge in [0.05, 0.1) is 17.1 Å². The molecular weight excluding hydrogens is 436 g/mol. The van der Waals surface area contributed by atoms with Gasteiger partial charge >= 0.3 is 0 Å². The van der Waals surface area contributed by atoms with Crippen molar-refractivity contribution in [3.05, 3.63) is 146 Å². The molecule has 0 N–H and O–H groups in total. The third-order valence-corrected chi connectivity index (χ3v) is 6.46. The van der Waals surface area contributed by atoms with Crippen molar-refractivity contribution >= 4 is 39.2 Å². The van der Waals surface area contributed by atoms with Gasteiger partial charge in [0.1, 0.15) is 0 Å². The van der Waals surface area contributed by atoms with Crippen molar-refractivity contribution in [3.63, 3.8) is 0 Å². The average Bonchev–Trinajstić information content (AvgIpc) is 2.95. The van der Waals surface area contributed by atoms with E-state index in [9.17, 15) is 0 Å². The molecule has 2 heteroatoms. The summed E-state index contributed by atoms with van der Waals surface area (Å²) in [6.07, 6.45) is 9.38. The maximum atomic E-state index is 4.72. The largest absolute Gasteiger partial charge is 0.310 e. The SMILES string of the molecule is C1=CC(=Nc2ccc(-c3ccc(N(c4ccccc4)c4cccc5ccccc45)cc3)cc2)C=CC1. The van der Waals surface area contributed by atoms with Crippen LogP contribution >= 0.6 is 0 Å². The van der Waals surface area contributed by atoms with E-state index in [1.807, 2.05) is 0 Å². The van der Waals surface area contributed by atoms with Crippen LogP contribution < -0.4 is 4.90 Å². The molecule has 0 unspecified atom stereocenters. The van der Waals surface area contributed by atoms with E-state index in [-0.39, 0.29) is 0 Å². The van der Waals surface area contributed by atoms with Gasteiger partial charge in [-0.05, 0) is 77.6 Å². The van der Waals surface area contributed by atoms with Crippen molar-refractivity contribution in [3.8, 4) is 11.1 Å². The molecule has 0 heterocycles. The molecule has 0 radical (unpaired) electrons. The minimum Gasteiger partial charge on any atom is -0.310 e. The third-order valence-electron chi connectivity index (χ3n) is 6.46. The molecular formula is C34H26N2. The number of fused-ring (bicyclic) bond motifs is 1. The normalized spacial score (nSPS) is 12.6. The molecule has 0 aromatic heterocycles. The molecule has 0 bridgehead atoms. The van der Waals surface area contributed by atoms with E-state index in [0.717, 1.165) is 29.2 Å². The first-order valence-corrected chi connectivity index (χ1v) is 12.3. The van der Waals surface area contributed by atoms with Gasteiger partial charge in [0.25, 0.3) is 0 Å². The number of rotatable bonds is 5. The molecule has 0 spiro atoms. The van der Waals surface area contributed by atoms with Gasteiger partial charge in [-0.15, -0.1) is 0 Å². The lowest BCUT2D eigenvalue weighted by atomic mass is 10.0. The van der Waals surface area contributed by atoms with Gasteiger partial charge in [0.15, 0.2) is 0 Å². The lowest BCUT2D eigenvalue weighted by Gasteiger charge is -2.27. The lowest BCUT2D eigenvalue weighted by Crippen LogP contribution is -2.10. The van der Waals surface area contributed by atoms with Gasteiger partial charge in [-0.3, -0.25) is 0 Å². The number of aliphatic imine (C=N–C) groups is 1. The van der Waals surface area contributed by atoms with Gasteiger partial charge in [-0.25, -0.2) is 4.99 Å². The summed E-state index contributed by atoms with van der Waals surface area (Å²) in [6.45, 7) is 0. The molecule has 0 amide bonds. The summed E-state index contributed by atoms with van der Waals surface area (Å²) in [7, 11) is 0. The van der Waals surface area contributed by atoms with E-state index in [1.165, 1.54) is 27.6 Å². The Morgan fingerprint density at radius 2 is 1.14 bits per heavy atom. The van der Waals surface area contributed by atoms with E-state index >= 15 is 0 Å². The number of anilines is 3. The average molecular weight is 463 g/mol. The highest BCUT2D eigenvalue weighted by Gasteiger charge is 2.15. The number of allylic oxidation sites excluding steroid dienone is 4. The van der Waals surface area contributed by atoms with E-state index in [2.05, 4.69) is 151 Å².